The van der Waals surface area contributed by atoms with Gasteiger partial charge in [0.2, 0.25) is 0 Å². The second kappa shape index (κ2) is 4.17. The van der Waals surface area contributed by atoms with Crippen molar-refractivity contribution in [3.63, 3.8) is 0 Å². The Balaban J connectivity index is 2.05. The van der Waals surface area contributed by atoms with E-state index in [4.69, 9.17) is 17.3 Å². The van der Waals surface area contributed by atoms with Gasteiger partial charge in [0.25, 0.3) is 0 Å². The van der Waals surface area contributed by atoms with Crippen molar-refractivity contribution >= 4 is 23.0 Å². The minimum absolute atomic E-state index is 0.464. The molecule has 2 nitrogen and oxygen atoms in total. The first-order valence-electron chi connectivity index (χ1n) is 5.83. The summed E-state index contributed by atoms with van der Waals surface area (Å²) in [5, 5.41) is 4.12. The van der Waals surface area contributed by atoms with Gasteiger partial charge in [-0.15, -0.1) is 0 Å². The number of nitrogen functional groups attached to an aromatic ring is 1. The summed E-state index contributed by atoms with van der Waals surface area (Å²) in [7, 11) is 0. The van der Waals surface area contributed by atoms with Crippen LogP contribution in [0.2, 0.25) is 5.02 Å². The van der Waals surface area contributed by atoms with Crippen LogP contribution in [0.4, 0.5) is 11.4 Å². The van der Waals surface area contributed by atoms with Crippen molar-refractivity contribution in [3.8, 4) is 0 Å². The third-order valence-electron chi connectivity index (χ3n) is 3.78. The molecule has 0 bridgehead atoms. The van der Waals surface area contributed by atoms with Gasteiger partial charge in [-0.1, -0.05) is 31.5 Å². The molecule has 0 saturated heterocycles. The summed E-state index contributed by atoms with van der Waals surface area (Å²) in [4.78, 5) is 0. The van der Waals surface area contributed by atoms with Crippen molar-refractivity contribution in [1.29, 1.82) is 0 Å². The number of rotatable bonds is 4. The molecule has 0 radical (unpaired) electrons. The Hall–Kier alpha value is -0.890. The third-order valence-corrected chi connectivity index (χ3v) is 4.10. The molecule has 2 rings (SSSR count). The fourth-order valence-corrected chi connectivity index (χ4v) is 2.36. The molecule has 0 amide bonds. The lowest BCUT2D eigenvalue weighted by atomic mass is 9.92. The van der Waals surface area contributed by atoms with Crippen molar-refractivity contribution in [2.75, 3.05) is 17.6 Å². The van der Waals surface area contributed by atoms with E-state index < -0.39 is 0 Å². The predicted octanol–water partition coefficient (Wildman–Crippen LogP) is 3.77. The van der Waals surface area contributed by atoms with Gasteiger partial charge in [-0.2, -0.15) is 0 Å². The molecule has 0 heterocycles. The zero-order valence-corrected chi connectivity index (χ0v) is 10.6. The van der Waals surface area contributed by atoms with E-state index in [-0.39, 0.29) is 0 Å². The number of para-hydroxylation sites is 1. The van der Waals surface area contributed by atoms with E-state index in [0.717, 1.165) is 17.9 Å². The molecular weight excluding hydrogens is 220 g/mol. The summed E-state index contributed by atoms with van der Waals surface area (Å²) in [6.07, 6.45) is 2.62. The van der Waals surface area contributed by atoms with E-state index in [9.17, 15) is 0 Å². The lowest BCUT2D eigenvalue weighted by molar-refractivity contribution is 0.380. The second-order valence-electron chi connectivity index (χ2n) is 5.07. The molecule has 1 saturated carbocycles. The molecule has 0 aliphatic heterocycles. The van der Waals surface area contributed by atoms with Crippen LogP contribution in [0.1, 0.15) is 26.7 Å². The number of benzene rings is 1. The molecule has 16 heavy (non-hydrogen) atoms. The minimum atomic E-state index is 0.464. The van der Waals surface area contributed by atoms with Crippen molar-refractivity contribution in [2.24, 2.45) is 11.3 Å². The highest BCUT2D eigenvalue weighted by Crippen LogP contribution is 2.52. The average Bonchev–Trinajstić information content (AvgIpc) is 2.98. The molecule has 1 aliphatic rings. The SMILES string of the molecule is CC(C)C1(CNc2c(N)cccc2Cl)CC1. The van der Waals surface area contributed by atoms with Crippen molar-refractivity contribution in [2.45, 2.75) is 26.7 Å². The molecule has 1 aliphatic carbocycles. The number of nitrogens with one attached hydrogen (secondary N) is 1. The summed E-state index contributed by atoms with van der Waals surface area (Å²) >= 11 is 6.12. The van der Waals surface area contributed by atoms with Gasteiger partial charge < -0.3 is 11.1 Å². The van der Waals surface area contributed by atoms with Crippen LogP contribution in [0.3, 0.4) is 0 Å². The maximum Gasteiger partial charge on any atom is 0.0763 e. The summed E-state index contributed by atoms with van der Waals surface area (Å²) in [5.41, 5.74) is 7.98. The van der Waals surface area contributed by atoms with Gasteiger partial charge in [-0.3, -0.25) is 0 Å². The van der Waals surface area contributed by atoms with Crippen molar-refractivity contribution in [1.82, 2.24) is 0 Å². The Morgan fingerprint density at radius 2 is 2.12 bits per heavy atom. The van der Waals surface area contributed by atoms with Crippen LogP contribution < -0.4 is 11.1 Å². The zero-order chi connectivity index (χ0) is 11.8. The maximum absolute atomic E-state index is 6.12. The highest BCUT2D eigenvalue weighted by atomic mass is 35.5. The van der Waals surface area contributed by atoms with Gasteiger partial charge in [-0.05, 0) is 36.3 Å². The first-order chi connectivity index (χ1) is 7.55. The molecule has 0 unspecified atom stereocenters. The fourth-order valence-electron chi connectivity index (χ4n) is 2.11. The topological polar surface area (TPSA) is 38.0 Å². The number of anilines is 2. The van der Waals surface area contributed by atoms with Crippen LogP contribution in [0, 0.1) is 11.3 Å². The highest BCUT2D eigenvalue weighted by Gasteiger charge is 2.45. The molecule has 1 aromatic rings. The Morgan fingerprint density at radius 1 is 1.44 bits per heavy atom. The van der Waals surface area contributed by atoms with Gasteiger partial charge in [0.05, 0.1) is 16.4 Å². The molecule has 88 valence electrons. The molecule has 1 aromatic carbocycles. The lowest BCUT2D eigenvalue weighted by Gasteiger charge is -2.21. The van der Waals surface area contributed by atoms with Crippen LogP contribution in [0.25, 0.3) is 0 Å². The van der Waals surface area contributed by atoms with Gasteiger partial charge in [0.1, 0.15) is 0 Å². The average molecular weight is 239 g/mol. The van der Waals surface area contributed by atoms with Crippen LogP contribution >= 0.6 is 11.6 Å². The zero-order valence-electron chi connectivity index (χ0n) is 9.89. The standard InChI is InChI=1S/C13H19ClN2/c1-9(2)13(6-7-13)8-16-12-10(14)4-3-5-11(12)15/h3-5,9,16H,6-8,15H2,1-2H3. The molecule has 0 atom stereocenters. The fraction of sp³-hybridized carbons (Fsp3) is 0.538. The number of nitrogens with two attached hydrogens (primary N) is 1. The lowest BCUT2D eigenvalue weighted by Crippen LogP contribution is -2.21. The van der Waals surface area contributed by atoms with E-state index in [1.54, 1.807) is 0 Å². The Kier molecular flexibility index (Phi) is 3.02. The molecule has 0 aromatic heterocycles. The monoisotopic (exact) mass is 238 g/mol. The van der Waals surface area contributed by atoms with Gasteiger partial charge in [0.15, 0.2) is 0 Å². The largest absolute Gasteiger partial charge is 0.397 e. The van der Waals surface area contributed by atoms with E-state index in [0.29, 0.717) is 16.4 Å². The predicted molar refractivity (Wildman–Crippen MR) is 70.9 cm³/mol. The number of halogens is 1. The first kappa shape index (κ1) is 11.6. The molecule has 3 heteroatoms. The molecule has 3 N–H and O–H groups in total. The van der Waals surface area contributed by atoms with Crippen LogP contribution in [0.5, 0.6) is 0 Å². The second-order valence-corrected chi connectivity index (χ2v) is 5.48. The highest BCUT2D eigenvalue weighted by molar-refractivity contribution is 6.33. The van der Waals surface area contributed by atoms with Gasteiger partial charge in [-0.25, -0.2) is 0 Å². The van der Waals surface area contributed by atoms with E-state index in [1.165, 1.54) is 12.8 Å². The Morgan fingerprint density at radius 3 is 2.62 bits per heavy atom. The van der Waals surface area contributed by atoms with Crippen molar-refractivity contribution < 1.29 is 0 Å². The van der Waals surface area contributed by atoms with Crippen LogP contribution in [-0.2, 0) is 0 Å². The van der Waals surface area contributed by atoms with Gasteiger partial charge in [0, 0.05) is 6.54 Å². The maximum atomic E-state index is 6.12. The number of hydrogen-bond acceptors (Lipinski definition) is 2. The summed E-state index contributed by atoms with van der Waals surface area (Å²) < 4.78 is 0. The molecule has 0 spiro atoms. The van der Waals surface area contributed by atoms with E-state index in [1.807, 2.05) is 18.2 Å². The van der Waals surface area contributed by atoms with Gasteiger partial charge >= 0.3 is 0 Å². The molecule has 1 fully saturated rings. The van der Waals surface area contributed by atoms with Crippen LogP contribution in [-0.4, -0.2) is 6.54 Å². The van der Waals surface area contributed by atoms with E-state index >= 15 is 0 Å². The van der Waals surface area contributed by atoms with Crippen molar-refractivity contribution in [3.05, 3.63) is 23.2 Å². The van der Waals surface area contributed by atoms with Crippen LogP contribution in [0.15, 0.2) is 18.2 Å². The first-order valence-corrected chi connectivity index (χ1v) is 6.21. The Bertz CT molecular complexity index is 363. The minimum Gasteiger partial charge on any atom is -0.397 e. The summed E-state index contributed by atoms with van der Waals surface area (Å²) in [6.45, 7) is 5.54. The summed E-state index contributed by atoms with van der Waals surface area (Å²) in [6, 6.07) is 5.62. The smallest absolute Gasteiger partial charge is 0.0763 e. The van der Waals surface area contributed by atoms with E-state index in [2.05, 4.69) is 19.2 Å². The normalized spacial score (nSPS) is 17.5. The Labute approximate surface area is 102 Å². The molecular formula is C13H19ClN2. The summed E-state index contributed by atoms with van der Waals surface area (Å²) in [5.74, 6) is 0.712. The number of hydrogen-bond donors (Lipinski definition) is 2. The quantitative estimate of drug-likeness (QED) is 0.784. The third kappa shape index (κ3) is 2.12.